The zero-order chi connectivity index (χ0) is 12.1. The first-order valence-corrected chi connectivity index (χ1v) is 7.41. The highest BCUT2D eigenvalue weighted by Crippen LogP contribution is 2.30. The third-order valence-electron chi connectivity index (χ3n) is 2.04. The molecule has 3 nitrogen and oxygen atoms in total. The van der Waals surface area contributed by atoms with E-state index in [1.807, 2.05) is 31.2 Å². The summed E-state index contributed by atoms with van der Waals surface area (Å²) in [5.74, 6) is 0.820. The van der Waals surface area contributed by atoms with E-state index in [0.717, 1.165) is 32.4 Å². The first-order chi connectivity index (χ1) is 8.29. The molecule has 0 fully saturated rings. The molecule has 0 saturated heterocycles. The topological polar surface area (TPSA) is 37.8 Å². The largest absolute Gasteiger partial charge is 0.360 e. The van der Waals surface area contributed by atoms with Crippen LogP contribution in [0.5, 0.6) is 0 Å². The molecule has 0 amide bonds. The van der Waals surface area contributed by atoms with Crippen LogP contribution in [-0.2, 0) is 5.75 Å². The summed E-state index contributed by atoms with van der Waals surface area (Å²) in [6.45, 7) is 2.90. The Balaban J connectivity index is 1.95. The zero-order valence-corrected chi connectivity index (χ0v) is 11.7. The molecule has 0 unspecified atom stereocenters. The van der Waals surface area contributed by atoms with Crippen molar-refractivity contribution in [3.8, 4) is 0 Å². The van der Waals surface area contributed by atoms with Gasteiger partial charge < -0.3 is 5.32 Å². The summed E-state index contributed by atoms with van der Waals surface area (Å²) in [5.41, 5.74) is 1.12. The van der Waals surface area contributed by atoms with Gasteiger partial charge in [-0.1, -0.05) is 52.9 Å². The summed E-state index contributed by atoms with van der Waals surface area (Å²) >= 11 is 9.31. The van der Waals surface area contributed by atoms with Crippen molar-refractivity contribution in [2.75, 3.05) is 11.9 Å². The van der Waals surface area contributed by atoms with E-state index in [-0.39, 0.29) is 0 Å². The smallest absolute Gasteiger partial charge is 0.206 e. The first kappa shape index (κ1) is 12.7. The Hall–Kier alpha value is -0.780. The fraction of sp³-hybridized carbons (Fsp3) is 0.273. The van der Waals surface area contributed by atoms with Crippen LogP contribution in [0.2, 0.25) is 5.02 Å². The zero-order valence-electron chi connectivity index (χ0n) is 9.31. The summed E-state index contributed by atoms with van der Waals surface area (Å²) in [4.78, 5) is 0. The van der Waals surface area contributed by atoms with Crippen LogP contribution in [0.4, 0.5) is 5.13 Å². The van der Waals surface area contributed by atoms with Crippen molar-refractivity contribution in [3.05, 3.63) is 34.9 Å². The van der Waals surface area contributed by atoms with Gasteiger partial charge in [-0.3, -0.25) is 0 Å². The Labute approximate surface area is 114 Å². The second kappa shape index (κ2) is 6.23. The minimum Gasteiger partial charge on any atom is -0.360 e. The normalized spacial score (nSPS) is 10.5. The van der Waals surface area contributed by atoms with Crippen LogP contribution < -0.4 is 5.32 Å². The minimum absolute atomic E-state index is 0.802. The number of nitrogens with zero attached hydrogens (tertiary/aromatic N) is 2. The van der Waals surface area contributed by atoms with E-state index in [1.165, 1.54) is 0 Å². The number of nitrogens with one attached hydrogen (secondary N) is 1. The molecule has 0 bridgehead atoms. The lowest BCUT2D eigenvalue weighted by Gasteiger charge is -2.00. The molecule has 90 valence electrons. The molecule has 1 aromatic carbocycles. The lowest BCUT2D eigenvalue weighted by molar-refractivity contribution is 1.00. The predicted molar refractivity (Wildman–Crippen MR) is 75.1 cm³/mol. The lowest BCUT2D eigenvalue weighted by Crippen LogP contribution is -1.94. The Bertz CT molecular complexity index is 487. The van der Waals surface area contributed by atoms with Gasteiger partial charge in [-0.05, 0) is 18.6 Å². The molecule has 0 aliphatic heterocycles. The van der Waals surface area contributed by atoms with Crippen molar-refractivity contribution in [2.45, 2.75) is 17.0 Å². The summed E-state index contributed by atoms with van der Waals surface area (Å²) in [5, 5.41) is 13.0. The SMILES string of the molecule is CCNc1nnc(SCc2ccccc2Cl)s1. The molecule has 0 atom stereocenters. The monoisotopic (exact) mass is 285 g/mol. The second-order valence-electron chi connectivity index (χ2n) is 3.28. The van der Waals surface area contributed by atoms with Crippen LogP contribution in [0.3, 0.4) is 0 Å². The number of halogens is 1. The number of rotatable bonds is 5. The van der Waals surface area contributed by atoms with Crippen molar-refractivity contribution >= 4 is 39.8 Å². The average Bonchev–Trinajstić information content (AvgIpc) is 2.76. The highest BCUT2D eigenvalue weighted by atomic mass is 35.5. The molecule has 1 aromatic heterocycles. The quantitative estimate of drug-likeness (QED) is 0.845. The highest BCUT2D eigenvalue weighted by Gasteiger charge is 2.05. The molecule has 6 heteroatoms. The molecule has 2 rings (SSSR count). The Morgan fingerprint density at radius 1 is 1.35 bits per heavy atom. The van der Waals surface area contributed by atoms with Crippen molar-refractivity contribution in [1.29, 1.82) is 0 Å². The van der Waals surface area contributed by atoms with Gasteiger partial charge in [0.15, 0.2) is 4.34 Å². The van der Waals surface area contributed by atoms with Crippen LogP contribution >= 0.6 is 34.7 Å². The second-order valence-corrected chi connectivity index (χ2v) is 5.89. The Kier molecular flexibility index (Phi) is 4.65. The van der Waals surface area contributed by atoms with Gasteiger partial charge >= 0.3 is 0 Å². The first-order valence-electron chi connectivity index (χ1n) is 5.23. The highest BCUT2D eigenvalue weighted by molar-refractivity contribution is 8.00. The molecule has 1 heterocycles. The Morgan fingerprint density at radius 3 is 2.94 bits per heavy atom. The van der Waals surface area contributed by atoms with Crippen LogP contribution in [-0.4, -0.2) is 16.7 Å². The summed E-state index contributed by atoms with van der Waals surface area (Å²) in [7, 11) is 0. The van der Waals surface area contributed by atoms with E-state index in [2.05, 4.69) is 15.5 Å². The van der Waals surface area contributed by atoms with Gasteiger partial charge in [-0.2, -0.15) is 0 Å². The molecule has 0 saturated carbocycles. The molecule has 17 heavy (non-hydrogen) atoms. The summed E-state index contributed by atoms with van der Waals surface area (Å²) in [6.07, 6.45) is 0. The van der Waals surface area contributed by atoms with Crippen LogP contribution in [0.1, 0.15) is 12.5 Å². The summed E-state index contributed by atoms with van der Waals surface area (Å²) in [6, 6.07) is 7.86. The van der Waals surface area contributed by atoms with Crippen LogP contribution in [0.25, 0.3) is 0 Å². The van der Waals surface area contributed by atoms with Gasteiger partial charge in [-0.25, -0.2) is 0 Å². The molecule has 2 aromatic rings. The fourth-order valence-corrected chi connectivity index (χ4v) is 3.35. The minimum atomic E-state index is 0.802. The van der Waals surface area contributed by atoms with Crippen LogP contribution in [0.15, 0.2) is 28.6 Å². The number of anilines is 1. The summed E-state index contributed by atoms with van der Waals surface area (Å²) < 4.78 is 0.959. The maximum atomic E-state index is 6.09. The van der Waals surface area contributed by atoms with E-state index >= 15 is 0 Å². The van der Waals surface area contributed by atoms with Crippen molar-refractivity contribution < 1.29 is 0 Å². The van der Waals surface area contributed by atoms with Gasteiger partial charge in [0.1, 0.15) is 0 Å². The number of aromatic nitrogens is 2. The molecule has 0 radical (unpaired) electrons. The van der Waals surface area contributed by atoms with E-state index in [0.29, 0.717) is 0 Å². The number of thioether (sulfide) groups is 1. The molecule has 0 aliphatic carbocycles. The maximum absolute atomic E-state index is 6.09. The molecular formula is C11H12ClN3S2. The predicted octanol–water partition coefficient (Wildman–Crippen LogP) is 3.92. The van der Waals surface area contributed by atoms with Gasteiger partial charge in [-0.15, -0.1) is 10.2 Å². The van der Waals surface area contributed by atoms with Gasteiger partial charge in [0.05, 0.1) is 0 Å². The molecular weight excluding hydrogens is 274 g/mol. The van der Waals surface area contributed by atoms with Gasteiger partial charge in [0.2, 0.25) is 5.13 Å². The third kappa shape index (κ3) is 3.59. The van der Waals surface area contributed by atoms with Gasteiger partial charge in [0, 0.05) is 17.3 Å². The van der Waals surface area contributed by atoms with Crippen molar-refractivity contribution in [1.82, 2.24) is 10.2 Å². The van der Waals surface area contributed by atoms with E-state index in [1.54, 1.807) is 23.1 Å². The average molecular weight is 286 g/mol. The maximum Gasteiger partial charge on any atom is 0.206 e. The Morgan fingerprint density at radius 2 is 2.18 bits per heavy atom. The van der Waals surface area contributed by atoms with E-state index < -0.39 is 0 Å². The van der Waals surface area contributed by atoms with E-state index in [4.69, 9.17) is 11.6 Å². The standard InChI is InChI=1S/C11H12ClN3S2/c1-2-13-10-14-15-11(17-10)16-7-8-5-3-4-6-9(8)12/h3-6H,2,7H2,1H3,(H,13,14). The third-order valence-corrected chi connectivity index (χ3v) is 4.48. The van der Waals surface area contributed by atoms with Gasteiger partial charge in [0.25, 0.3) is 0 Å². The van der Waals surface area contributed by atoms with Crippen molar-refractivity contribution in [3.63, 3.8) is 0 Å². The number of hydrogen-bond donors (Lipinski definition) is 1. The fourth-order valence-electron chi connectivity index (χ4n) is 1.25. The number of benzene rings is 1. The van der Waals surface area contributed by atoms with Crippen molar-refractivity contribution in [2.24, 2.45) is 0 Å². The number of hydrogen-bond acceptors (Lipinski definition) is 5. The lowest BCUT2D eigenvalue weighted by atomic mass is 10.2. The molecule has 0 spiro atoms. The van der Waals surface area contributed by atoms with Crippen LogP contribution in [0, 0.1) is 0 Å². The molecule has 0 aliphatic rings. The van der Waals surface area contributed by atoms with E-state index in [9.17, 15) is 0 Å². The molecule has 1 N–H and O–H groups in total.